The van der Waals surface area contributed by atoms with Gasteiger partial charge in [-0.2, -0.15) is 12.6 Å². The molecule has 17 heavy (non-hydrogen) atoms. The predicted molar refractivity (Wildman–Crippen MR) is 79.9 cm³/mol. The van der Waals surface area contributed by atoms with Crippen molar-refractivity contribution in [2.45, 2.75) is 26.2 Å². The highest BCUT2D eigenvalue weighted by Crippen LogP contribution is 2.10. The van der Waals surface area contributed by atoms with Gasteiger partial charge in [-0.3, -0.25) is 0 Å². The first kappa shape index (κ1) is 14.6. The van der Waals surface area contributed by atoms with Crippen LogP contribution in [0.4, 0.5) is 0 Å². The molecule has 0 bridgehead atoms. The monoisotopic (exact) mass is 251 g/mol. The average molecular weight is 251 g/mol. The fraction of sp³-hybridized carbons (Fsp3) is 0.600. The van der Waals surface area contributed by atoms with E-state index in [-0.39, 0.29) is 0 Å². The number of benzene rings is 1. The van der Waals surface area contributed by atoms with E-state index in [4.69, 9.17) is 0 Å². The van der Waals surface area contributed by atoms with Crippen molar-refractivity contribution in [3.63, 3.8) is 0 Å². The summed E-state index contributed by atoms with van der Waals surface area (Å²) in [5.41, 5.74) is 1.43. The minimum Gasteiger partial charge on any atom is -0.306 e. The van der Waals surface area contributed by atoms with Crippen LogP contribution in [0.15, 0.2) is 30.3 Å². The lowest BCUT2D eigenvalue weighted by atomic mass is 10.1. The summed E-state index contributed by atoms with van der Waals surface area (Å²) in [5, 5.41) is 0. The largest absolute Gasteiger partial charge is 0.306 e. The summed E-state index contributed by atoms with van der Waals surface area (Å²) in [4.78, 5) is 2.43. The van der Waals surface area contributed by atoms with Crippen molar-refractivity contribution in [3.05, 3.63) is 35.9 Å². The maximum Gasteiger partial charge on any atom is 0.00189 e. The number of thiol groups is 1. The molecule has 0 heterocycles. The highest BCUT2D eigenvalue weighted by Gasteiger charge is 2.08. The molecule has 1 aromatic carbocycles. The molecular weight excluding hydrogens is 226 g/mol. The number of nitrogens with zero attached hydrogens (tertiary/aromatic N) is 1. The van der Waals surface area contributed by atoms with Crippen LogP contribution < -0.4 is 0 Å². The molecule has 0 saturated carbocycles. The fourth-order valence-corrected chi connectivity index (χ4v) is 2.44. The van der Waals surface area contributed by atoms with Crippen LogP contribution in [-0.2, 0) is 6.42 Å². The van der Waals surface area contributed by atoms with Gasteiger partial charge in [-0.15, -0.1) is 0 Å². The number of likely N-dealkylation sites (N-methyl/N-ethyl adjacent to an activating group) is 1. The van der Waals surface area contributed by atoms with Gasteiger partial charge in [0.05, 0.1) is 0 Å². The molecule has 0 radical (unpaired) electrons. The van der Waals surface area contributed by atoms with E-state index in [0.717, 1.165) is 24.6 Å². The second-order valence-electron chi connectivity index (χ2n) is 4.84. The summed E-state index contributed by atoms with van der Waals surface area (Å²) in [6, 6.07) is 10.7. The van der Waals surface area contributed by atoms with E-state index in [2.05, 4.69) is 61.8 Å². The van der Waals surface area contributed by atoms with E-state index in [9.17, 15) is 0 Å². The molecule has 0 aliphatic carbocycles. The molecule has 0 spiro atoms. The van der Waals surface area contributed by atoms with E-state index in [0.29, 0.717) is 0 Å². The van der Waals surface area contributed by atoms with E-state index < -0.39 is 0 Å². The molecule has 2 heteroatoms. The Bertz CT molecular complexity index is 286. The molecule has 0 aliphatic heterocycles. The molecule has 0 fully saturated rings. The predicted octanol–water partition coefficient (Wildman–Crippen LogP) is 3.51. The first-order chi connectivity index (χ1) is 8.26. The van der Waals surface area contributed by atoms with Gasteiger partial charge >= 0.3 is 0 Å². The summed E-state index contributed by atoms with van der Waals surface area (Å²) in [6.07, 6.45) is 3.69. The van der Waals surface area contributed by atoms with Crippen LogP contribution in [0.2, 0.25) is 0 Å². The highest BCUT2D eigenvalue weighted by atomic mass is 32.1. The van der Waals surface area contributed by atoms with Crippen molar-refractivity contribution in [1.29, 1.82) is 0 Å². The minimum atomic E-state index is 0.740. The number of rotatable bonds is 8. The first-order valence-corrected chi connectivity index (χ1v) is 7.22. The Morgan fingerprint density at radius 3 is 2.53 bits per heavy atom. The summed E-state index contributed by atoms with van der Waals surface area (Å²) >= 11 is 4.44. The van der Waals surface area contributed by atoms with Crippen LogP contribution in [-0.4, -0.2) is 30.8 Å². The molecule has 96 valence electrons. The zero-order valence-corrected chi connectivity index (χ0v) is 12.0. The van der Waals surface area contributed by atoms with Crippen molar-refractivity contribution >= 4 is 12.6 Å². The standard InChI is InChI=1S/C15H25NS/c1-3-7-15(13-17)12-16(2)11-10-14-8-5-4-6-9-14/h4-6,8-9,15,17H,3,7,10-13H2,1-2H3. The summed E-state index contributed by atoms with van der Waals surface area (Å²) in [6.45, 7) is 4.56. The van der Waals surface area contributed by atoms with Gasteiger partial charge in [-0.25, -0.2) is 0 Å². The Kier molecular flexibility index (Phi) is 7.38. The first-order valence-electron chi connectivity index (χ1n) is 6.59. The van der Waals surface area contributed by atoms with Gasteiger partial charge in [0.15, 0.2) is 0 Å². The second kappa shape index (κ2) is 8.60. The van der Waals surface area contributed by atoms with E-state index in [1.54, 1.807) is 0 Å². The third-order valence-corrected chi connectivity index (χ3v) is 3.67. The zero-order chi connectivity index (χ0) is 12.5. The Labute approximate surface area is 112 Å². The molecule has 1 aromatic rings. The third kappa shape index (κ3) is 6.13. The molecule has 0 N–H and O–H groups in total. The molecule has 1 nitrogen and oxygen atoms in total. The normalized spacial score (nSPS) is 12.9. The Morgan fingerprint density at radius 1 is 1.24 bits per heavy atom. The van der Waals surface area contributed by atoms with Crippen LogP contribution in [0.5, 0.6) is 0 Å². The molecule has 0 amide bonds. The quantitative estimate of drug-likeness (QED) is 0.692. The van der Waals surface area contributed by atoms with Crippen LogP contribution in [0.25, 0.3) is 0 Å². The van der Waals surface area contributed by atoms with Gasteiger partial charge in [-0.1, -0.05) is 43.7 Å². The van der Waals surface area contributed by atoms with Gasteiger partial charge in [0.25, 0.3) is 0 Å². The second-order valence-corrected chi connectivity index (χ2v) is 5.20. The SMILES string of the molecule is CCCC(CS)CN(C)CCc1ccccc1. The van der Waals surface area contributed by atoms with Crippen molar-refractivity contribution in [2.75, 3.05) is 25.9 Å². The lowest BCUT2D eigenvalue weighted by molar-refractivity contribution is 0.283. The molecule has 0 aromatic heterocycles. The summed E-state index contributed by atoms with van der Waals surface area (Å²) < 4.78 is 0. The topological polar surface area (TPSA) is 3.24 Å². The van der Waals surface area contributed by atoms with Gasteiger partial charge in [0.2, 0.25) is 0 Å². The van der Waals surface area contributed by atoms with Crippen molar-refractivity contribution < 1.29 is 0 Å². The Morgan fingerprint density at radius 2 is 1.94 bits per heavy atom. The van der Waals surface area contributed by atoms with Crippen LogP contribution in [0.3, 0.4) is 0 Å². The van der Waals surface area contributed by atoms with Crippen molar-refractivity contribution in [1.82, 2.24) is 4.90 Å². The van der Waals surface area contributed by atoms with E-state index >= 15 is 0 Å². The van der Waals surface area contributed by atoms with Crippen molar-refractivity contribution in [3.8, 4) is 0 Å². The number of hydrogen-bond acceptors (Lipinski definition) is 2. The Hall–Kier alpha value is -0.470. The third-order valence-electron chi connectivity index (χ3n) is 3.15. The van der Waals surface area contributed by atoms with Gasteiger partial charge < -0.3 is 4.90 Å². The molecule has 1 unspecified atom stereocenters. The van der Waals surface area contributed by atoms with E-state index in [1.165, 1.54) is 24.9 Å². The summed E-state index contributed by atoms with van der Waals surface area (Å²) in [5.74, 6) is 1.74. The van der Waals surface area contributed by atoms with Gasteiger partial charge in [-0.05, 0) is 37.1 Å². The van der Waals surface area contributed by atoms with Crippen LogP contribution in [0.1, 0.15) is 25.3 Å². The Balaban J connectivity index is 2.27. The average Bonchev–Trinajstić information content (AvgIpc) is 2.37. The molecular formula is C15H25NS. The maximum absolute atomic E-state index is 4.44. The smallest absolute Gasteiger partial charge is 0.00189 e. The molecule has 1 atom stereocenters. The fourth-order valence-electron chi connectivity index (χ4n) is 2.15. The highest BCUT2D eigenvalue weighted by molar-refractivity contribution is 7.80. The van der Waals surface area contributed by atoms with Gasteiger partial charge in [0, 0.05) is 13.1 Å². The molecule has 0 aliphatic rings. The van der Waals surface area contributed by atoms with E-state index in [1.807, 2.05) is 0 Å². The molecule has 1 rings (SSSR count). The van der Waals surface area contributed by atoms with Gasteiger partial charge in [0.1, 0.15) is 0 Å². The summed E-state index contributed by atoms with van der Waals surface area (Å²) in [7, 11) is 2.22. The van der Waals surface area contributed by atoms with Crippen LogP contribution in [0, 0.1) is 5.92 Å². The number of hydrogen-bond donors (Lipinski definition) is 1. The maximum atomic E-state index is 4.44. The van der Waals surface area contributed by atoms with Crippen LogP contribution >= 0.6 is 12.6 Å². The zero-order valence-electron chi connectivity index (χ0n) is 11.1. The lowest BCUT2D eigenvalue weighted by Crippen LogP contribution is -2.28. The molecule has 0 saturated heterocycles. The lowest BCUT2D eigenvalue weighted by Gasteiger charge is -2.22. The van der Waals surface area contributed by atoms with Crippen molar-refractivity contribution in [2.24, 2.45) is 5.92 Å². The minimum absolute atomic E-state index is 0.740.